The molecule has 1 saturated heterocycles. The van der Waals surface area contributed by atoms with Crippen molar-refractivity contribution in [3.63, 3.8) is 0 Å². The van der Waals surface area contributed by atoms with Gasteiger partial charge in [-0.2, -0.15) is 0 Å². The lowest BCUT2D eigenvalue weighted by molar-refractivity contribution is 0.0950. The molecular formula is C18H19NO3. The quantitative estimate of drug-likeness (QED) is 0.885. The average molecular weight is 297 g/mol. The molecule has 0 radical (unpaired) electrons. The van der Waals surface area contributed by atoms with Crippen LogP contribution in [0.4, 0.5) is 0 Å². The van der Waals surface area contributed by atoms with Crippen LogP contribution in [0.15, 0.2) is 48.5 Å². The van der Waals surface area contributed by atoms with Gasteiger partial charge in [0.05, 0.1) is 0 Å². The third-order valence-corrected chi connectivity index (χ3v) is 4.19. The molecule has 0 aliphatic carbocycles. The zero-order chi connectivity index (χ0) is 14.9. The normalized spacial score (nSPS) is 26.7. The van der Waals surface area contributed by atoms with Crippen molar-refractivity contribution in [1.82, 2.24) is 5.32 Å². The number of nitrogens with one attached hydrogen (secondary N) is 1. The maximum Gasteiger partial charge on any atom is 0.188 e. The minimum atomic E-state index is -0.119. The highest BCUT2D eigenvalue weighted by atomic mass is 16.8. The maximum absolute atomic E-state index is 6.27. The molecule has 3 atom stereocenters. The van der Waals surface area contributed by atoms with Crippen LogP contribution in [0, 0.1) is 0 Å². The Balaban J connectivity index is 1.61. The second kappa shape index (κ2) is 5.72. The molecule has 0 amide bonds. The Bertz CT molecular complexity index is 659. The lowest BCUT2D eigenvalue weighted by Crippen LogP contribution is -2.21. The van der Waals surface area contributed by atoms with Crippen LogP contribution in [-0.4, -0.2) is 19.9 Å². The first-order valence-electron chi connectivity index (χ1n) is 7.58. The fraction of sp³-hybridized carbons (Fsp3) is 0.333. The Morgan fingerprint density at radius 2 is 1.95 bits per heavy atom. The van der Waals surface area contributed by atoms with Crippen LogP contribution in [0.3, 0.4) is 0 Å². The fourth-order valence-corrected chi connectivity index (χ4v) is 2.90. The number of ether oxygens (including phenoxy) is 3. The van der Waals surface area contributed by atoms with Gasteiger partial charge in [0.1, 0.15) is 18.0 Å². The second-order valence-corrected chi connectivity index (χ2v) is 5.68. The first kappa shape index (κ1) is 13.8. The van der Waals surface area contributed by atoms with Crippen molar-refractivity contribution in [2.45, 2.75) is 25.0 Å². The predicted octanol–water partition coefficient (Wildman–Crippen LogP) is 2.95. The lowest BCUT2D eigenvalue weighted by Gasteiger charge is -2.18. The summed E-state index contributed by atoms with van der Waals surface area (Å²) in [5, 5.41) is 3.46. The largest absolute Gasteiger partial charge is 0.484 e. The zero-order valence-electron chi connectivity index (χ0n) is 12.5. The van der Waals surface area contributed by atoms with E-state index >= 15 is 0 Å². The average Bonchev–Trinajstić information content (AvgIpc) is 3.37. The Labute approximate surface area is 130 Å². The van der Waals surface area contributed by atoms with Crippen LogP contribution in [0.5, 0.6) is 5.75 Å². The van der Waals surface area contributed by atoms with E-state index in [4.69, 9.17) is 14.2 Å². The van der Waals surface area contributed by atoms with Crippen molar-refractivity contribution < 1.29 is 14.2 Å². The van der Waals surface area contributed by atoms with E-state index in [2.05, 4.69) is 35.6 Å². The van der Waals surface area contributed by atoms with Gasteiger partial charge in [0.15, 0.2) is 6.29 Å². The van der Waals surface area contributed by atoms with Gasteiger partial charge in [0.25, 0.3) is 0 Å². The zero-order valence-corrected chi connectivity index (χ0v) is 12.5. The Kier molecular flexibility index (Phi) is 3.58. The summed E-state index contributed by atoms with van der Waals surface area (Å²) in [4.78, 5) is 0. The van der Waals surface area contributed by atoms with Crippen LogP contribution in [0.2, 0.25) is 0 Å². The lowest BCUT2D eigenvalue weighted by atomic mass is 10.1. The molecule has 114 valence electrons. The third kappa shape index (κ3) is 2.61. The SMILES string of the molecule is COC1OC1c1ccc2c(c1)O[C@H](c1ccccc1)CNC2. The summed E-state index contributed by atoms with van der Waals surface area (Å²) in [6, 6.07) is 16.6. The van der Waals surface area contributed by atoms with Gasteiger partial charge < -0.3 is 19.5 Å². The molecule has 0 aromatic heterocycles. The number of rotatable bonds is 3. The molecule has 4 nitrogen and oxygen atoms in total. The highest BCUT2D eigenvalue weighted by Crippen LogP contribution is 2.41. The molecule has 2 aromatic rings. The van der Waals surface area contributed by atoms with Gasteiger partial charge in [-0.3, -0.25) is 0 Å². The van der Waals surface area contributed by atoms with Crippen molar-refractivity contribution in [3.05, 3.63) is 65.2 Å². The van der Waals surface area contributed by atoms with Crippen LogP contribution < -0.4 is 10.1 Å². The molecule has 22 heavy (non-hydrogen) atoms. The van der Waals surface area contributed by atoms with Gasteiger partial charge in [-0.15, -0.1) is 0 Å². The highest BCUT2D eigenvalue weighted by molar-refractivity contribution is 5.41. The number of hydrogen-bond acceptors (Lipinski definition) is 4. The van der Waals surface area contributed by atoms with E-state index in [1.807, 2.05) is 18.2 Å². The van der Waals surface area contributed by atoms with E-state index in [-0.39, 0.29) is 18.5 Å². The number of benzene rings is 2. The summed E-state index contributed by atoms with van der Waals surface area (Å²) in [5.41, 5.74) is 3.47. The predicted molar refractivity (Wildman–Crippen MR) is 82.6 cm³/mol. The molecule has 2 unspecified atom stereocenters. The van der Waals surface area contributed by atoms with Crippen molar-refractivity contribution in [3.8, 4) is 5.75 Å². The molecule has 2 aromatic carbocycles. The van der Waals surface area contributed by atoms with Crippen LogP contribution >= 0.6 is 0 Å². The first-order valence-corrected chi connectivity index (χ1v) is 7.58. The highest BCUT2D eigenvalue weighted by Gasteiger charge is 2.41. The molecule has 2 aliphatic rings. The smallest absolute Gasteiger partial charge is 0.188 e. The molecule has 2 heterocycles. The van der Waals surface area contributed by atoms with Crippen molar-refractivity contribution in [2.75, 3.05) is 13.7 Å². The van der Waals surface area contributed by atoms with Crippen molar-refractivity contribution >= 4 is 0 Å². The standard InChI is InChI=1S/C18H19NO3/c1-20-18-17(22-18)13-7-8-14-10-19-11-16(21-15(14)9-13)12-5-3-2-4-6-12/h2-9,16-19H,10-11H2,1H3/t16-,17?,18?/m0/s1. The van der Waals surface area contributed by atoms with E-state index in [1.165, 1.54) is 11.1 Å². The van der Waals surface area contributed by atoms with E-state index in [0.29, 0.717) is 0 Å². The molecular weight excluding hydrogens is 278 g/mol. The van der Waals surface area contributed by atoms with Crippen molar-refractivity contribution in [1.29, 1.82) is 0 Å². The number of epoxide rings is 1. The summed E-state index contributed by atoms with van der Waals surface area (Å²) in [7, 11) is 1.67. The molecule has 4 rings (SSSR count). The third-order valence-electron chi connectivity index (χ3n) is 4.19. The van der Waals surface area contributed by atoms with Gasteiger partial charge in [-0.1, -0.05) is 42.5 Å². The van der Waals surface area contributed by atoms with Gasteiger partial charge in [-0.25, -0.2) is 0 Å². The van der Waals surface area contributed by atoms with Gasteiger partial charge in [0, 0.05) is 25.8 Å². The second-order valence-electron chi connectivity index (χ2n) is 5.68. The van der Waals surface area contributed by atoms with E-state index in [9.17, 15) is 0 Å². The first-order chi connectivity index (χ1) is 10.8. The Hall–Kier alpha value is -1.88. The summed E-state index contributed by atoms with van der Waals surface area (Å²) >= 11 is 0. The van der Waals surface area contributed by atoms with Crippen molar-refractivity contribution in [2.24, 2.45) is 0 Å². The van der Waals surface area contributed by atoms with E-state index in [0.717, 1.165) is 24.4 Å². The maximum atomic E-state index is 6.27. The topological polar surface area (TPSA) is 43.0 Å². The summed E-state index contributed by atoms with van der Waals surface area (Å²) < 4.78 is 17.0. The molecule has 0 bridgehead atoms. The molecule has 4 heteroatoms. The van der Waals surface area contributed by atoms with Gasteiger partial charge in [-0.05, 0) is 17.2 Å². The minimum Gasteiger partial charge on any atom is -0.484 e. The Morgan fingerprint density at radius 1 is 1.09 bits per heavy atom. The van der Waals surface area contributed by atoms with Crippen LogP contribution in [0.25, 0.3) is 0 Å². The van der Waals surface area contributed by atoms with E-state index in [1.54, 1.807) is 7.11 Å². The molecule has 1 fully saturated rings. The summed E-state index contributed by atoms with van der Waals surface area (Å²) in [6.45, 7) is 1.62. The Morgan fingerprint density at radius 3 is 2.73 bits per heavy atom. The van der Waals surface area contributed by atoms with Crippen LogP contribution in [0.1, 0.15) is 28.9 Å². The van der Waals surface area contributed by atoms with Crippen LogP contribution in [-0.2, 0) is 16.0 Å². The number of methoxy groups -OCH3 is 1. The minimum absolute atomic E-state index is 0.0241. The summed E-state index contributed by atoms with van der Waals surface area (Å²) in [5.74, 6) is 0.932. The summed E-state index contributed by atoms with van der Waals surface area (Å²) in [6.07, 6.45) is -0.0618. The molecule has 1 N–H and O–H groups in total. The number of fused-ring (bicyclic) bond motifs is 1. The fourth-order valence-electron chi connectivity index (χ4n) is 2.90. The number of hydrogen-bond donors (Lipinski definition) is 1. The van der Waals surface area contributed by atoms with Gasteiger partial charge in [0.2, 0.25) is 0 Å². The van der Waals surface area contributed by atoms with E-state index < -0.39 is 0 Å². The molecule has 0 saturated carbocycles. The van der Waals surface area contributed by atoms with Gasteiger partial charge >= 0.3 is 0 Å². The molecule has 2 aliphatic heterocycles. The monoisotopic (exact) mass is 297 g/mol. The molecule has 0 spiro atoms.